The van der Waals surface area contributed by atoms with Gasteiger partial charge in [-0.3, -0.25) is 0 Å². The van der Waals surface area contributed by atoms with Crippen molar-refractivity contribution in [3.05, 3.63) is 22.7 Å². The lowest BCUT2D eigenvalue weighted by molar-refractivity contribution is 0.211. The van der Waals surface area contributed by atoms with Crippen LogP contribution in [0, 0.1) is 6.92 Å². The molecule has 21 heavy (non-hydrogen) atoms. The molecule has 1 unspecified atom stereocenters. The van der Waals surface area contributed by atoms with Crippen LogP contribution in [0.4, 0.5) is 5.69 Å². The largest absolute Gasteiger partial charge is 0.398 e. The Morgan fingerprint density at radius 3 is 2.86 bits per heavy atom. The molecule has 0 aromatic heterocycles. The number of hydrogen-bond acceptors (Lipinski definition) is 4. The van der Waals surface area contributed by atoms with Crippen LogP contribution in [0.5, 0.6) is 0 Å². The van der Waals surface area contributed by atoms with Crippen LogP contribution in [-0.2, 0) is 10.0 Å². The lowest BCUT2D eigenvalue weighted by atomic mass is 10.1. The lowest BCUT2D eigenvalue weighted by Gasteiger charge is -2.32. The van der Waals surface area contributed by atoms with E-state index in [0.29, 0.717) is 5.69 Å². The molecule has 2 rings (SSSR count). The number of rotatable bonds is 4. The van der Waals surface area contributed by atoms with E-state index < -0.39 is 10.0 Å². The molecule has 0 bridgehead atoms. The monoisotopic (exact) mass is 331 g/mol. The van der Waals surface area contributed by atoms with Crippen LogP contribution in [0.3, 0.4) is 0 Å². The number of benzene rings is 1. The molecule has 0 amide bonds. The first-order valence-corrected chi connectivity index (χ1v) is 9.00. The van der Waals surface area contributed by atoms with E-state index in [4.69, 9.17) is 17.3 Å². The highest BCUT2D eigenvalue weighted by atomic mass is 35.5. The van der Waals surface area contributed by atoms with E-state index in [0.717, 1.165) is 38.0 Å². The van der Waals surface area contributed by atoms with Gasteiger partial charge in [0.1, 0.15) is 4.90 Å². The second-order valence-electron chi connectivity index (χ2n) is 5.49. The van der Waals surface area contributed by atoms with Gasteiger partial charge in [-0.2, -0.15) is 0 Å². The maximum Gasteiger partial charge on any atom is 0.242 e. The van der Waals surface area contributed by atoms with Crippen molar-refractivity contribution >= 4 is 27.3 Å². The average Bonchev–Trinajstić information content (AvgIpc) is 2.42. The summed E-state index contributed by atoms with van der Waals surface area (Å²) in [6.07, 6.45) is 1.83. The van der Waals surface area contributed by atoms with Crippen molar-refractivity contribution in [3.8, 4) is 0 Å². The third kappa shape index (κ3) is 3.88. The zero-order valence-corrected chi connectivity index (χ0v) is 14.0. The molecule has 0 spiro atoms. The second-order valence-corrected chi connectivity index (χ2v) is 7.58. The predicted molar refractivity (Wildman–Crippen MR) is 86.1 cm³/mol. The fourth-order valence-corrected chi connectivity index (χ4v) is 4.48. The van der Waals surface area contributed by atoms with Crippen LogP contribution in [-0.4, -0.2) is 39.0 Å². The molecule has 3 N–H and O–H groups in total. The molecule has 1 atom stereocenters. The Morgan fingerprint density at radius 1 is 1.48 bits per heavy atom. The smallest absolute Gasteiger partial charge is 0.242 e. The van der Waals surface area contributed by atoms with Gasteiger partial charge >= 0.3 is 0 Å². The molecular weight excluding hydrogens is 310 g/mol. The van der Waals surface area contributed by atoms with E-state index in [9.17, 15) is 8.42 Å². The third-order valence-electron chi connectivity index (χ3n) is 3.88. The standard InChI is InChI=1S/C14H22ClN3O2S/c1-3-18-6-4-5-11(9-18)17-21(19,20)14-8-13(16)10(2)7-12(14)15/h7-8,11,17H,3-6,9,16H2,1-2H3. The molecule has 1 saturated heterocycles. The van der Waals surface area contributed by atoms with Crippen LogP contribution in [0.25, 0.3) is 0 Å². The SMILES string of the molecule is CCN1CCCC(NS(=O)(=O)c2cc(N)c(C)cc2Cl)C1. The zero-order chi connectivity index (χ0) is 15.6. The van der Waals surface area contributed by atoms with Gasteiger partial charge in [0.25, 0.3) is 0 Å². The number of nitrogens with zero attached hydrogens (tertiary/aromatic N) is 1. The summed E-state index contributed by atoms with van der Waals surface area (Å²) in [5, 5.41) is 0.206. The first-order chi connectivity index (χ1) is 9.83. The number of sulfonamides is 1. The van der Waals surface area contributed by atoms with Crippen molar-refractivity contribution in [1.82, 2.24) is 9.62 Å². The van der Waals surface area contributed by atoms with Crippen molar-refractivity contribution in [1.29, 1.82) is 0 Å². The zero-order valence-electron chi connectivity index (χ0n) is 12.4. The first-order valence-electron chi connectivity index (χ1n) is 7.13. The van der Waals surface area contributed by atoms with Crippen molar-refractivity contribution in [2.75, 3.05) is 25.4 Å². The molecule has 7 heteroatoms. The molecule has 0 radical (unpaired) electrons. The number of nitrogen functional groups attached to an aromatic ring is 1. The number of nitrogens with two attached hydrogens (primary N) is 1. The van der Waals surface area contributed by atoms with Gasteiger partial charge in [-0.05, 0) is 50.6 Å². The summed E-state index contributed by atoms with van der Waals surface area (Å²) in [5.74, 6) is 0. The topological polar surface area (TPSA) is 75.4 Å². The molecule has 1 fully saturated rings. The van der Waals surface area contributed by atoms with Crippen LogP contribution in [0.15, 0.2) is 17.0 Å². The van der Waals surface area contributed by atoms with E-state index in [2.05, 4.69) is 16.5 Å². The van der Waals surface area contributed by atoms with Crippen LogP contribution < -0.4 is 10.5 Å². The highest BCUT2D eigenvalue weighted by Crippen LogP contribution is 2.27. The van der Waals surface area contributed by atoms with Crippen LogP contribution in [0.2, 0.25) is 5.02 Å². The molecule has 1 aliphatic heterocycles. The van der Waals surface area contributed by atoms with Crippen molar-refractivity contribution in [3.63, 3.8) is 0 Å². The lowest BCUT2D eigenvalue weighted by Crippen LogP contribution is -2.47. The summed E-state index contributed by atoms with van der Waals surface area (Å²) in [5.41, 5.74) is 7.01. The number of piperidine rings is 1. The number of halogens is 1. The van der Waals surface area contributed by atoms with Gasteiger partial charge in [-0.25, -0.2) is 13.1 Å². The van der Waals surface area contributed by atoms with E-state index in [1.54, 1.807) is 13.0 Å². The van der Waals surface area contributed by atoms with E-state index >= 15 is 0 Å². The van der Waals surface area contributed by atoms with Gasteiger partial charge in [0.15, 0.2) is 0 Å². The molecule has 1 aliphatic rings. The fourth-order valence-electron chi connectivity index (χ4n) is 2.60. The van der Waals surface area contributed by atoms with Crippen molar-refractivity contribution in [2.24, 2.45) is 0 Å². The second kappa shape index (κ2) is 6.52. The summed E-state index contributed by atoms with van der Waals surface area (Å²) in [6, 6.07) is 2.94. The third-order valence-corrected chi connectivity index (χ3v) is 5.87. The molecule has 5 nitrogen and oxygen atoms in total. The van der Waals surface area contributed by atoms with Gasteiger partial charge in [-0.15, -0.1) is 0 Å². The highest BCUT2D eigenvalue weighted by molar-refractivity contribution is 7.89. The summed E-state index contributed by atoms with van der Waals surface area (Å²) < 4.78 is 27.8. The van der Waals surface area contributed by atoms with E-state index in [1.807, 2.05) is 0 Å². The maximum atomic E-state index is 12.5. The molecule has 118 valence electrons. The molecular formula is C14H22ClN3O2S. The van der Waals surface area contributed by atoms with Gasteiger partial charge in [0, 0.05) is 18.3 Å². The molecule has 1 aromatic carbocycles. The van der Waals surface area contributed by atoms with E-state index in [1.165, 1.54) is 6.07 Å². The fraction of sp³-hybridized carbons (Fsp3) is 0.571. The Morgan fingerprint density at radius 2 is 2.19 bits per heavy atom. The molecule has 1 aromatic rings. The molecule has 1 heterocycles. The number of likely N-dealkylation sites (tertiary alicyclic amines) is 1. The number of anilines is 1. The Bertz CT molecular complexity index is 619. The van der Waals surface area contributed by atoms with Gasteiger partial charge in [-0.1, -0.05) is 18.5 Å². The normalized spacial score (nSPS) is 20.6. The first kappa shape index (κ1) is 16.5. The minimum atomic E-state index is -3.65. The minimum absolute atomic E-state index is 0.0564. The quantitative estimate of drug-likeness (QED) is 0.827. The van der Waals surface area contributed by atoms with Gasteiger partial charge in [0.05, 0.1) is 5.02 Å². The molecule has 0 saturated carbocycles. The highest BCUT2D eigenvalue weighted by Gasteiger charge is 2.26. The minimum Gasteiger partial charge on any atom is -0.398 e. The summed E-state index contributed by atoms with van der Waals surface area (Å²) in [7, 11) is -3.65. The molecule has 0 aliphatic carbocycles. The Kier molecular flexibility index (Phi) is 5.14. The van der Waals surface area contributed by atoms with Crippen molar-refractivity contribution < 1.29 is 8.42 Å². The predicted octanol–water partition coefficient (Wildman–Crippen LogP) is 1.99. The number of likely N-dealkylation sites (N-methyl/N-ethyl adjacent to an activating group) is 1. The van der Waals surface area contributed by atoms with Crippen molar-refractivity contribution in [2.45, 2.75) is 37.6 Å². The summed E-state index contributed by atoms with van der Waals surface area (Å²) >= 11 is 6.07. The summed E-state index contributed by atoms with van der Waals surface area (Å²) in [4.78, 5) is 2.29. The number of hydrogen-bond donors (Lipinski definition) is 2. The average molecular weight is 332 g/mol. The van der Waals surface area contributed by atoms with Crippen LogP contribution in [0.1, 0.15) is 25.3 Å². The Labute approximate surface area is 131 Å². The van der Waals surface area contributed by atoms with Gasteiger partial charge < -0.3 is 10.6 Å². The van der Waals surface area contributed by atoms with Crippen LogP contribution >= 0.6 is 11.6 Å². The van der Waals surface area contributed by atoms with E-state index in [-0.39, 0.29) is 16.0 Å². The van der Waals surface area contributed by atoms with Gasteiger partial charge in [0.2, 0.25) is 10.0 Å². The maximum absolute atomic E-state index is 12.5. The number of aryl methyl sites for hydroxylation is 1. The Balaban J connectivity index is 2.20. The number of nitrogens with one attached hydrogen (secondary N) is 1. The Hall–Kier alpha value is -0.820. The summed E-state index contributed by atoms with van der Waals surface area (Å²) in [6.45, 7) is 6.55.